The maximum Gasteiger partial charge on any atom is 0.0649 e. The highest BCUT2D eigenvalue weighted by Gasteiger charge is 1.90. The van der Waals surface area contributed by atoms with Crippen LogP contribution in [0, 0.1) is 0 Å². The zero-order valence-electron chi connectivity index (χ0n) is 7.46. The van der Waals surface area contributed by atoms with Gasteiger partial charge in [-0.15, -0.1) is 0 Å². The Hall–Kier alpha value is -1.11. The van der Waals surface area contributed by atoms with Crippen molar-refractivity contribution in [2.45, 2.75) is 20.8 Å². The van der Waals surface area contributed by atoms with E-state index in [4.69, 9.17) is 0 Å². The van der Waals surface area contributed by atoms with Crippen LogP contribution in [0.15, 0.2) is 41.6 Å². The van der Waals surface area contributed by atoms with Gasteiger partial charge >= 0.3 is 0 Å². The van der Waals surface area contributed by atoms with E-state index >= 15 is 0 Å². The summed E-state index contributed by atoms with van der Waals surface area (Å²) < 4.78 is 0. The summed E-state index contributed by atoms with van der Waals surface area (Å²) in [5.74, 6) is 0. The zero-order valence-corrected chi connectivity index (χ0v) is 7.46. The summed E-state index contributed by atoms with van der Waals surface area (Å²) in [7, 11) is 0. The van der Waals surface area contributed by atoms with Crippen LogP contribution < -0.4 is 0 Å². The lowest BCUT2D eigenvalue weighted by Crippen LogP contribution is -1.92. The Labute approximate surface area is 68.9 Å². The first-order valence-corrected chi connectivity index (χ1v) is 3.70. The molecule has 60 valence electrons. The lowest BCUT2D eigenvalue weighted by atomic mass is 10.2. The molecule has 0 aromatic rings. The molecule has 11 heavy (non-hydrogen) atoms. The van der Waals surface area contributed by atoms with E-state index in [1.165, 1.54) is 0 Å². The highest BCUT2D eigenvalue weighted by molar-refractivity contribution is 6.07. The fraction of sp³-hybridized carbons (Fsp3) is 0.300. The maximum absolute atomic E-state index is 4.18. The Balaban J connectivity index is 4.45. The average molecular weight is 149 g/mol. The molecule has 0 aliphatic carbocycles. The molecule has 0 atom stereocenters. The molecule has 0 aromatic carbocycles. The molecule has 0 spiro atoms. The van der Waals surface area contributed by atoms with Crippen molar-refractivity contribution in [3.8, 4) is 0 Å². The summed E-state index contributed by atoms with van der Waals surface area (Å²) in [6, 6.07) is 0. The predicted molar refractivity (Wildman–Crippen MR) is 51.9 cm³/mol. The van der Waals surface area contributed by atoms with Crippen LogP contribution in [0.1, 0.15) is 20.8 Å². The van der Waals surface area contributed by atoms with E-state index in [1.54, 1.807) is 6.20 Å². The molecule has 0 rings (SSSR count). The molecule has 0 N–H and O–H groups in total. The molecule has 0 aliphatic rings. The summed E-state index contributed by atoms with van der Waals surface area (Å²) >= 11 is 0. The third kappa shape index (κ3) is 4.31. The van der Waals surface area contributed by atoms with Gasteiger partial charge < -0.3 is 0 Å². The first-order valence-electron chi connectivity index (χ1n) is 3.70. The number of aliphatic imine (C=N–C) groups is 1. The van der Waals surface area contributed by atoms with E-state index in [9.17, 15) is 0 Å². The Morgan fingerprint density at radius 1 is 1.27 bits per heavy atom. The molecular weight excluding hydrogens is 134 g/mol. The third-order valence-corrected chi connectivity index (χ3v) is 1.12. The highest BCUT2D eigenvalue weighted by Crippen LogP contribution is 1.96. The van der Waals surface area contributed by atoms with E-state index in [0.717, 1.165) is 11.3 Å². The molecule has 0 aromatic heterocycles. The molecule has 0 aliphatic heterocycles. The van der Waals surface area contributed by atoms with E-state index in [-0.39, 0.29) is 0 Å². The summed E-state index contributed by atoms with van der Waals surface area (Å²) in [5.41, 5.74) is 1.92. The van der Waals surface area contributed by atoms with Crippen molar-refractivity contribution in [3.63, 3.8) is 0 Å². The van der Waals surface area contributed by atoms with Crippen LogP contribution >= 0.6 is 0 Å². The minimum Gasteiger partial charge on any atom is -0.257 e. The summed E-state index contributed by atoms with van der Waals surface area (Å²) in [5, 5.41) is 0. The van der Waals surface area contributed by atoms with Gasteiger partial charge in [-0.05, 0) is 32.4 Å². The highest BCUT2D eigenvalue weighted by atomic mass is 14.7. The van der Waals surface area contributed by atoms with Crippen molar-refractivity contribution in [3.05, 3.63) is 36.6 Å². The van der Waals surface area contributed by atoms with E-state index in [2.05, 4.69) is 11.6 Å². The largest absolute Gasteiger partial charge is 0.257 e. The molecule has 0 fully saturated rings. The number of allylic oxidation sites excluding steroid dienone is 4. The van der Waals surface area contributed by atoms with Gasteiger partial charge in [-0.2, -0.15) is 0 Å². The average Bonchev–Trinajstić information content (AvgIpc) is 1.97. The molecule has 1 heteroatoms. The van der Waals surface area contributed by atoms with Crippen LogP contribution in [0.25, 0.3) is 0 Å². The first kappa shape index (κ1) is 9.89. The van der Waals surface area contributed by atoms with E-state index in [1.807, 2.05) is 39.0 Å². The summed E-state index contributed by atoms with van der Waals surface area (Å²) in [6.07, 6.45) is 7.57. The van der Waals surface area contributed by atoms with Crippen LogP contribution in [0.2, 0.25) is 0 Å². The van der Waals surface area contributed by atoms with Gasteiger partial charge in [0.15, 0.2) is 0 Å². The molecular formula is C10H15N. The van der Waals surface area contributed by atoms with Crippen molar-refractivity contribution in [1.82, 2.24) is 0 Å². The second kappa shape index (κ2) is 5.66. The van der Waals surface area contributed by atoms with Crippen LogP contribution in [-0.2, 0) is 0 Å². The van der Waals surface area contributed by atoms with Gasteiger partial charge in [0.1, 0.15) is 0 Å². The van der Waals surface area contributed by atoms with Crippen molar-refractivity contribution in [2.75, 3.05) is 0 Å². The van der Waals surface area contributed by atoms with E-state index < -0.39 is 0 Å². The second-order valence-electron chi connectivity index (χ2n) is 2.28. The number of hydrogen-bond donors (Lipinski definition) is 0. The Morgan fingerprint density at radius 2 is 1.91 bits per heavy atom. The topological polar surface area (TPSA) is 12.4 Å². The summed E-state index contributed by atoms with van der Waals surface area (Å²) in [4.78, 5) is 4.18. The smallest absolute Gasteiger partial charge is 0.0649 e. The number of rotatable bonds is 3. The SMILES string of the molecule is C=C(C)C(C=CC)=NC=CC. The Morgan fingerprint density at radius 3 is 2.27 bits per heavy atom. The normalized spacial score (nSPS) is 13.2. The van der Waals surface area contributed by atoms with Crippen molar-refractivity contribution in [1.29, 1.82) is 0 Å². The Kier molecular flexibility index (Phi) is 5.09. The fourth-order valence-electron chi connectivity index (χ4n) is 0.608. The lowest BCUT2D eigenvalue weighted by molar-refractivity contribution is 1.48. The van der Waals surface area contributed by atoms with Crippen LogP contribution in [-0.4, -0.2) is 5.71 Å². The Bertz CT molecular complexity index is 207. The molecule has 0 bridgehead atoms. The van der Waals surface area contributed by atoms with Gasteiger partial charge in [0, 0.05) is 6.20 Å². The molecule has 0 radical (unpaired) electrons. The van der Waals surface area contributed by atoms with Gasteiger partial charge in [0.05, 0.1) is 5.71 Å². The van der Waals surface area contributed by atoms with Gasteiger partial charge in [-0.1, -0.05) is 18.7 Å². The molecule has 0 heterocycles. The van der Waals surface area contributed by atoms with Crippen LogP contribution in [0.3, 0.4) is 0 Å². The van der Waals surface area contributed by atoms with Crippen LogP contribution in [0.5, 0.6) is 0 Å². The van der Waals surface area contributed by atoms with Crippen molar-refractivity contribution < 1.29 is 0 Å². The first-order chi connectivity index (χ1) is 5.22. The second-order valence-corrected chi connectivity index (χ2v) is 2.28. The molecule has 0 saturated carbocycles. The summed E-state index contributed by atoms with van der Waals surface area (Å²) in [6.45, 7) is 9.66. The van der Waals surface area contributed by atoms with E-state index in [0.29, 0.717) is 0 Å². The molecule has 0 saturated heterocycles. The molecule has 0 amide bonds. The van der Waals surface area contributed by atoms with Gasteiger partial charge in [-0.3, -0.25) is 4.99 Å². The monoisotopic (exact) mass is 149 g/mol. The number of hydrogen-bond acceptors (Lipinski definition) is 1. The number of nitrogens with zero attached hydrogens (tertiary/aromatic N) is 1. The molecule has 1 nitrogen and oxygen atoms in total. The standard InChI is InChI=1S/C10H15N/c1-5-7-10(9(3)4)11-8-6-2/h5-8H,3H2,1-2,4H3. The maximum atomic E-state index is 4.18. The minimum atomic E-state index is 0.936. The quantitative estimate of drug-likeness (QED) is 0.547. The van der Waals surface area contributed by atoms with Crippen molar-refractivity contribution >= 4 is 5.71 Å². The predicted octanol–water partition coefficient (Wildman–Crippen LogP) is 3.11. The third-order valence-electron chi connectivity index (χ3n) is 1.12. The minimum absolute atomic E-state index is 0.936. The molecule has 0 unspecified atom stereocenters. The van der Waals surface area contributed by atoms with Crippen LogP contribution in [0.4, 0.5) is 0 Å². The zero-order chi connectivity index (χ0) is 8.69. The fourth-order valence-corrected chi connectivity index (χ4v) is 0.608. The lowest BCUT2D eigenvalue weighted by Gasteiger charge is -1.95. The van der Waals surface area contributed by atoms with Gasteiger partial charge in [-0.25, -0.2) is 0 Å². The van der Waals surface area contributed by atoms with Gasteiger partial charge in [0.25, 0.3) is 0 Å². The van der Waals surface area contributed by atoms with Crippen molar-refractivity contribution in [2.24, 2.45) is 4.99 Å². The van der Waals surface area contributed by atoms with Gasteiger partial charge in [0.2, 0.25) is 0 Å².